The first-order valence-electron chi connectivity index (χ1n) is 19.8. The molecule has 0 atom stereocenters. The molecule has 0 N–H and O–H groups in total. The minimum Gasteiger partial charge on any atom is -0.310 e. The highest BCUT2D eigenvalue weighted by molar-refractivity contribution is 6.13. The van der Waals surface area contributed by atoms with E-state index in [1.54, 1.807) is 0 Å². The fourth-order valence-corrected chi connectivity index (χ4v) is 9.92. The Balaban J connectivity index is 1.06. The normalized spacial score (nSPS) is 14.4. The summed E-state index contributed by atoms with van der Waals surface area (Å²) in [5.74, 6) is 0. The van der Waals surface area contributed by atoms with Gasteiger partial charge in [0.2, 0.25) is 0 Å². The molecule has 2 aliphatic rings. The molecule has 0 fully saturated rings. The van der Waals surface area contributed by atoms with Crippen molar-refractivity contribution in [2.45, 2.75) is 38.5 Å². The van der Waals surface area contributed by atoms with E-state index in [1.165, 1.54) is 83.1 Å². The zero-order valence-electron chi connectivity index (χ0n) is 32.2. The summed E-state index contributed by atoms with van der Waals surface area (Å²) in [7, 11) is 0. The number of aromatic nitrogens is 1. The van der Waals surface area contributed by atoms with Crippen molar-refractivity contribution in [3.8, 4) is 39.1 Å². The van der Waals surface area contributed by atoms with Crippen LogP contribution in [0.25, 0.3) is 60.9 Å². The smallest absolute Gasteiger partial charge is 0.0582 e. The molecule has 0 spiro atoms. The molecule has 0 unspecified atom stereocenters. The molecule has 0 radical (unpaired) electrons. The van der Waals surface area contributed by atoms with Gasteiger partial charge in [-0.15, -0.1) is 0 Å². The predicted octanol–water partition coefficient (Wildman–Crippen LogP) is 14.5. The van der Waals surface area contributed by atoms with Gasteiger partial charge in [0, 0.05) is 44.2 Å². The van der Waals surface area contributed by atoms with Gasteiger partial charge in [0.25, 0.3) is 0 Å². The van der Waals surface area contributed by atoms with Crippen LogP contribution in [0, 0.1) is 0 Å². The van der Waals surface area contributed by atoms with Crippen molar-refractivity contribution in [2.75, 3.05) is 4.90 Å². The highest BCUT2D eigenvalue weighted by atomic mass is 15.1. The summed E-state index contributed by atoms with van der Waals surface area (Å²) in [4.78, 5) is 2.40. The Morgan fingerprint density at radius 2 is 0.982 bits per heavy atom. The summed E-state index contributed by atoms with van der Waals surface area (Å²) in [6.45, 7) is 9.51. The quantitative estimate of drug-likeness (QED) is 0.172. The summed E-state index contributed by atoms with van der Waals surface area (Å²) in [6.07, 6.45) is 0. The fourth-order valence-electron chi connectivity index (χ4n) is 9.92. The summed E-state index contributed by atoms with van der Waals surface area (Å²) < 4.78 is 2.55. The lowest BCUT2D eigenvalue weighted by Gasteiger charge is -2.36. The Kier molecular flexibility index (Phi) is 6.98. The van der Waals surface area contributed by atoms with E-state index in [0.29, 0.717) is 0 Å². The van der Waals surface area contributed by atoms with E-state index in [1.807, 2.05) is 0 Å². The summed E-state index contributed by atoms with van der Waals surface area (Å²) >= 11 is 0. The lowest BCUT2D eigenvalue weighted by atomic mass is 9.73. The maximum Gasteiger partial charge on any atom is 0.0582 e. The maximum absolute atomic E-state index is 2.55. The molecule has 0 saturated carbocycles. The zero-order valence-corrected chi connectivity index (χ0v) is 32.2. The van der Waals surface area contributed by atoms with E-state index in [4.69, 9.17) is 0 Å². The topological polar surface area (TPSA) is 8.17 Å². The standard InChI is InChI=1S/C54H42N2/c1-53(2)46-23-13-11-20-42(46)43-31-30-40(34-48(43)53)55(38-18-9-6-10-19-38)39-28-26-35(27-29-39)37-32-45-44-21-12-14-25-50(44)56-51-41(36-16-7-5-8-17-36)22-15-24-47(51)54(3,4)49(33-37)52(45)56/h5-34H,1-4H3. The highest BCUT2D eigenvalue weighted by Gasteiger charge is 2.38. The van der Waals surface area contributed by atoms with E-state index >= 15 is 0 Å². The molecule has 0 saturated heterocycles. The van der Waals surface area contributed by atoms with Gasteiger partial charge in [0.1, 0.15) is 0 Å². The van der Waals surface area contributed by atoms with Gasteiger partial charge in [-0.25, -0.2) is 0 Å². The fraction of sp³-hybridized carbons (Fsp3) is 0.111. The molecule has 1 aliphatic carbocycles. The van der Waals surface area contributed by atoms with Crippen molar-refractivity contribution >= 4 is 38.9 Å². The minimum absolute atomic E-state index is 0.0758. The van der Waals surface area contributed by atoms with Crippen LogP contribution in [0.2, 0.25) is 0 Å². The molecule has 0 bridgehead atoms. The van der Waals surface area contributed by atoms with E-state index < -0.39 is 0 Å². The molecule has 0 amide bonds. The van der Waals surface area contributed by atoms with E-state index in [-0.39, 0.29) is 10.8 Å². The van der Waals surface area contributed by atoms with Crippen LogP contribution in [0.15, 0.2) is 182 Å². The third-order valence-corrected chi connectivity index (χ3v) is 12.8. The van der Waals surface area contributed by atoms with Gasteiger partial charge in [-0.1, -0.05) is 155 Å². The number of hydrogen-bond donors (Lipinski definition) is 0. The number of para-hydroxylation sites is 3. The number of fused-ring (bicyclic) bond motifs is 8. The SMILES string of the molecule is CC1(C)c2ccccc2-c2ccc(N(c3ccccc3)c3ccc(-c4cc5c6c(c4)c4ccccc4n6-c4c(-c6ccccc6)cccc4C5(C)C)cc3)cc21. The van der Waals surface area contributed by atoms with Crippen molar-refractivity contribution in [1.29, 1.82) is 0 Å². The van der Waals surface area contributed by atoms with E-state index in [2.05, 4.69) is 219 Å². The van der Waals surface area contributed by atoms with Gasteiger partial charge < -0.3 is 9.47 Å². The minimum atomic E-state index is -0.218. The lowest BCUT2D eigenvalue weighted by molar-refractivity contribution is 0.631. The van der Waals surface area contributed by atoms with Crippen molar-refractivity contribution in [2.24, 2.45) is 0 Å². The van der Waals surface area contributed by atoms with Crippen molar-refractivity contribution in [1.82, 2.24) is 4.57 Å². The Hall–Kier alpha value is -6.64. The van der Waals surface area contributed by atoms with Crippen LogP contribution < -0.4 is 4.90 Å². The molecular weight excluding hydrogens is 677 g/mol. The van der Waals surface area contributed by atoms with Crippen molar-refractivity contribution < 1.29 is 0 Å². The van der Waals surface area contributed by atoms with Crippen LogP contribution >= 0.6 is 0 Å². The van der Waals surface area contributed by atoms with Crippen molar-refractivity contribution in [3.63, 3.8) is 0 Å². The number of benzene rings is 8. The van der Waals surface area contributed by atoms with E-state index in [9.17, 15) is 0 Å². The second-order valence-electron chi connectivity index (χ2n) is 16.6. The Morgan fingerprint density at radius 1 is 0.375 bits per heavy atom. The molecule has 56 heavy (non-hydrogen) atoms. The third-order valence-electron chi connectivity index (χ3n) is 12.8. The van der Waals surface area contributed by atoms with Crippen molar-refractivity contribution in [3.05, 3.63) is 204 Å². The van der Waals surface area contributed by atoms with Crippen LogP contribution in [-0.2, 0) is 10.8 Å². The third kappa shape index (κ3) is 4.62. The van der Waals surface area contributed by atoms with Gasteiger partial charge >= 0.3 is 0 Å². The van der Waals surface area contributed by atoms with Crippen LogP contribution in [0.5, 0.6) is 0 Å². The van der Waals surface area contributed by atoms with Crippen LogP contribution in [0.3, 0.4) is 0 Å². The molecule has 8 aromatic carbocycles. The van der Waals surface area contributed by atoms with Gasteiger partial charge in [-0.3, -0.25) is 0 Å². The van der Waals surface area contributed by atoms with Gasteiger partial charge in [0.05, 0.1) is 16.7 Å². The van der Waals surface area contributed by atoms with Gasteiger partial charge in [0.15, 0.2) is 0 Å². The van der Waals surface area contributed by atoms with Crippen LogP contribution in [-0.4, -0.2) is 4.57 Å². The molecule has 268 valence electrons. The molecule has 1 aliphatic heterocycles. The maximum atomic E-state index is 2.55. The Labute approximate surface area is 328 Å². The monoisotopic (exact) mass is 718 g/mol. The second-order valence-corrected chi connectivity index (χ2v) is 16.6. The molecule has 2 heteroatoms. The van der Waals surface area contributed by atoms with Crippen LogP contribution in [0.1, 0.15) is 49.9 Å². The first-order valence-corrected chi connectivity index (χ1v) is 19.8. The first kappa shape index (κ1) is 32.8. The summed E-state index contributed by atoms with van der Waals surface area (Å²) in [5, 5.41) is 2.58. The highest BCUT2D eigenvalue weighted by Crippen LogP contribution is 2.53. The predicted molar refractivity (Wildman–Crippen MR) is 236 cm³/mol. The van der Waals surface area contributed by atoms with Gasteiger partial charge in [-0.05, 0) is 105 Å². The molecule has 2 heterocycles. The number of nitrogens with zero attached hydrogens (tertiary/aromatic N) is 2. The van der Waals surface area contributed by atoms with Gasteiger partial charge in [-0.2, -0.15) is 0 Å². The molecule has 9 aromatic rings. The summed E-state index contributed by atoms with van der Waals surface area (Å²) in [6, 6.07) is 67.4. The first-order chi connectivity index (χ1) is 27.3. The number of hydrogen-bond acceptors (Lipinski definition) is 1. The molecule has 1 aromatic heterocycles. The Bertz CT molecular complexity index is 3000. The molecule has 11 rings (SSSR count). The Morgan fingerprint density at radius 3 is 1.79 bits per heavy atom. The van der Waals surface area contributed by atoms with Crippen LogP contribution in [0.4, 0.5) is 17.1 Å². The average Bonchev–Trinajstić information content (AvgIpc) is 3.69. The second kappa shape index (κ2) is 11.9. The molecular formula is C54H42N2. The zero-order chi connectivity index (χ0) is 37.8. The summed E-state index contributed by atoms with van der Waals surface area (Å²) in [5.41, 5.74) is 20.1. The number of rotatable bonds is 5. The average molecular weight is 719 g/mol. The lowest BCUT2D eigenvalue weighted by Crippen LogP contribution is -2.26. The largest absolute Gasteiger partial charge is 0.310 e. The van der Waals surface area contributed by atoms with E-state index in [0.717, 1.165) is 17.1 Å². The number of anilines is 3. The molecule has 2 nitrogen and oxygen atoms in total.